The molecule has 1 aromatic heterocycles. The van der Waals surface area contributed by atoms with E-state index in [1.54, 1.807) is 30.0 Å². The fourth-order valence-corrected chi connectivity index (χ4v) is 2.75. The van der Waals surface area contributed by atoms with E-state index < -0.39 is 4.92 Å². The summed E-state index contributed by atoms with van der Waals surface area (Å²) in [4.78, 5) is 26.7. The standard InChI is InChI=1S/C16H17N3O4/c1-12-15(5-10-23-12)16(20)18-8-6-17(7-9-18)13-3-2-4-14(11-13)19(21)22/h2-5,10-11H,6-9H2,1H3. The second-order valence-corrected chi connectivity index (χ2v) is 5.45. The van der Waals surface area contributed by atoms with Crippen LogP contribution < -0.4 is 4.90 Å². The van der Waals surface area contributed by atoms with E-state index in [4.69, 9.17) is 4.42 Å². The van der Waals surface area contributed by atoms with E-state index in [0.717, 1.165) is 5.69 Å². The first-order valence-corrected chi connectivity index (χ1v) is 7.39. The lowest BCUT2D eigenvalue weighted by molar-refractivity contribution is -0.384. The van der Waals surface area contributed by atoms with Crippen molar-refractivity contribution in [2.45, 2.75) is 6.92 Å². The first-order chi connectivity index (χ1) is 11.1. The van der Waals surface area contributed by atoms with Gasteiger partial charge in [0.05, 0.1) is 16.7 Å². The number of piperazine rings is 1. The van der Waals surface area contributed by atoms with Gasteiger partial charge in [0.2, 0.25) is 0 Å². The van der Waals surface area contributed by atoms with Gasteiger partial charge in [-0.25, -0.2) is 0 Å². The number of non-ortho nitro benzene ring substituents is 1. The number of nitro benzene ring substituents is 1. The van der Waals surface area contributed by atoms with E-state index in [2.05, 4.69) is 4.90 Å². The first-order valence-electron chi connectivity index (χ1n) is 7.39. The number of aryl methyl sites for hydroxylation is 1. The molecule has 0 aliphatic carbocycles. The number of anilines is 1. The van der Waals surface area contributed by atoms with Crippen LogP contribution in [-0.4, -0.2) is 41.9 Å². The fraction of sp³-hybridized carbons (Fsp3) is 0.312. The van der Waals surface area contributed by atoms with Gasteiger partial charge in [-0.3, -0.25) is 14.9 Å². The molecule has 0 N–H and O–H groups in total. The molecule has 0 spiro atoms. The molecule has 120 valence electrons. The predicted octanol–water partition coefficient (Wildman–Crippen LogP) is 2.46. The number of hydrogen-bond donors (Lipinski definition) is 0. The molecule has 0 radical (unpaired) electrons. The lowest BCUT2D eigenvalue weighted by Gasteiger charge is -2.36. The zero-order valence-corrected chi connectivity index (χ0v) is 12.8. The number of carbonyl (C=O) groups excluding carboxylic acids is 1. The van der Waals surface area contributed by atoms with E-state index in [-0.39, 0.29) is 11.6 Å². The average Bonchev–Trinajstić information content (AvgIpc) is 3.00. The highest BCUT2D eigenvalue weighted by atomic mass is 16.6. The van der Waals surface area contributed by atoms with Gasteiger partial charge in [0.25, 0.3) is 11.6 Å². The minimum Gasteiger partial charge on any atom is -0.469 e. The number of rotatable bonds is 3. The van der Waals surface area contributed by atoms with Crippen LogP contribution in [0.15, 0.2) is 41.0 Å². The predicted molar refractivity (Wildman–Crippen MR) is 84.7 cm³/mol. The lowest BCUT2D eigenvalue weighted by atomic mass is 10.2. The quantitative estimate of drug-likeness (QED) is 0.642. The first kappa shape index (κ1) is 15.1. The Hall–Kier alpha value is -2.83. The summed E-state index contributed by atoms with van der Waals surface area (Å²) in [6.07, 6.45) is 1.52. The van der Waals surface area contributed by atoms with Crippen LogP contribution in [-0.2, 0) is 0 Å². The summed E-state index contributed by atoms with van der Waals surface area (Å²) in [5.41, 5.74) is 1.48. The number of nitro groups is 1. The van der Waals surface area contributed by atoms with Crippen molar-refractivity contribution < 1.29 is 14.1 Å². The number of carbonyl (C=O) groups is 1. The molecular weight excluding hydrogens is 298 g/mol. The average molecular weight is 315 g/mol. The zero-order valence-electron chi connectivity index (χ0n) is 12.8. The summed E-state index contributed by atoms with van der Waals surface area (Å²) in [6, 6.07) is 8.26. The summed E-state index contributed by atoms with van der Waals surface area (Å²) in [5.74, 6) is 0.589. The van der Waals surface area contributed by atoms with Crippen LogP contribution in [0.25, 0.3) is 0 Å². The van der Waals surface area contributed by atoms with Crippen LogP contribution in [0, 0.1) is 17.0 Å². The Kier molecular flexibility index (Phi) is 4.01. The third kappa shape index (κ3) is 3.03. The topological polar surface area (TPSA) is 79.8 Å². The molecule has 7 nitrogen and oxygen atoms in total. The summed E-state index contributed by atoms with van der Waals surface area (Å²) < 4.78 is 5.18. The largest absolute Gasteiger partial charge is 0.469 e. The Bertz CT molecular complexity index is 732. The van der Waals surface area contributed by atoms with Crippen LogP contribution in [0.3, 0.4) is 0 Å². The number of amides is 1. The summed E-state index contributed by atoms with van der Waals surface area (Å²) in [7, 11) is 0. The third-order valence-corrected chi connectivity index (χ3v) is 4.06. The summed E-state index contributed by atoms with van der Waals surface area (Å²) in [6.45, 7) is 4.21. The highest BCUT2D eigenvalue weighted by Gasteiger charge is 2.24. The molecule has 0 atom stereocenters. The zero-order chi connectivity index (χ0) is 16.4. The molecule has 1 aliphatic heterocycles. The van der Waals surface area contributed by atoms with E-state index in [1.165, 1.54) is 12.3 Å². The molecule has 2 aromatic rings. The van der Waals surface area contributed by atoms with E-state index in [1.807, 2.05) is 6.07 Å². The molecule has 7 heteroatoms. The molecule has 23 heavy (non-hydrogen) atoms. The van der Waals surface area contributed by atoms with Gasteiger partial charge < -0.3 is 14.2 Å². The van der Waals surface area contributed by atoms with Gasteiger partial charge in [-0.1, -0.05) is 6.07 Å². The van der Waals surface area contributed by atoms with Crippen molar-refractivity contribution in [3.8, 4) is 0 Å². The van der Waals surface area contributed by atoms with Gasteiger partial charge >= 0.3 is 0 Å². The van der Waals surface area contributed by atoms with E-state index in [0.29, 0.717) is 37.5 Å². The molecule has 0 bridgehead atoms. The number of benzene rings is 1. The summed E-state index contributed by atoms with van der Waals surface area (Å²) in [5, 5.41) is 10.9. The summed E-state index contributed by atoms with van der Waals surface area (Å²) >= 11 is 0. The van der Waals surface area contributed by atoms with Gasteiger partial charge in [0.1, 0.15) is 5.76 Å². The van der Waals surface area contributed by atoms with Gasteiger partial charge in [0, 0.05) is 44.0 Å². The van der Waals surface area contributed by atoms with Crippen molar-refractivity contribution in [1.82, 2.24) is 4.90 Å². The van der Waals surface area contributed by atoms with Crippen LogP contribution >= 0.6 is 0 Å². The minimum absolute atomic E-state index is 0.0325. The van der Waals surface area contributed by atoms with Crippen molar-refractivity contribution in [2.24, 2.45) is 0 Å². The SMILES string of the molecule is Cc1occc1C(=O)N1CCN(c2cccc([N+](=O)[O-])c2)CC1. The Morgan fingerprint density at radius 2 is 1.96 bits per heavy atom. The molecule has 0 unspecified atom stereocenters. The maximum absolute atomic E-state index is 12.4. The molecule has 1 aliphatic rings. The molecule has 1 aromatic carbocycles. The molecular formula is C16H17N3O4. The third-order valence-electron chi connectivity index (χ3n) is 4.06. The molecule has 1 amide bonds. The van der Waals surface area contributed by atoms with Gasteiger partial charge in [-0.15, -0.1) is 0 Å². The van der Waals surface area contributed by atoms with E-state index in [9.17, 15) is 14.9 Å². The molecule has 1 saturated heterocycles. The Balaban J connectivity index is 1.67. The number of nitrogens with zero attached hydrogens (tertiary/aromatic N) is 3. The monoisotopic (exact) mass is 315 g/mol. The van der Waals surface area contributed by atoms with Crippen molar-refractivity contribution in [2.75, 3.05) is 31.1 Å². The Labute approximate surface area is 133 Å². The van der Waals surface area contributed by atoms with Crippen LogP contribution in [0.4, 0.5) is 11.4 Å². The second kappa shape index (κ2) is 6.12. The Morgan fingerprint density at radius 3 is 2.57 bits per heavy atom. The number of hydrogen-bond acceptors (Lipinski definition) is 5. The van der Waals surface area contributed by atoms with Crippen molar-refractivity contribution in [3.05, 3.63) is 58.0 Å². The van der Waals surface area contributed by atoms with Crippen LogP contribution in [0.2, 0.25) is 0 Å². The smallest absolute Gasteiger partial charge is 0.271 e. The Morgan fingerprint density at radius 1 is 1.22 bits per heavy atom. The van der Waals surface area contributed by atoms with Crippen molar-refractivity contribution in [1.29, 1.82) is 0 Å². The molecule has 0 saturated carbocycles. The normalized spacial score (nSPS) is 14.8. The van der Waals surface area contributed by atoms with Gasteiger partial charge in [-0.05, 0) is 19.1 Å². The van der Waals surface area contributed by atoms with Gasteiger partial charge in [-0.2, -0.15) is 0 Å². The van der Waals surface area contributed by atoms with Crippen LogP contribution in [0.5, 0.6) is 0 Å². The lowest BCUT2D eigenvalue weighted by Crippen LogP contribution is -2.48. The highest BCUT2D eigenvalue weighted by Crippen LogP contribution is 2.23. The van der Waals surface area contributed by atoms with Crippen molar-refractivity contribution >= 4 is 17.3 Å². The van der Waals surface area contributed by atoms with Crippen LogP contribution in [0.1, 0.15) is 16.1 Å². The molecule has 1 fully saturated rings. The maximum Gasteiger partial charge on any atom is 0.271 e. The minimum atomic E-state index is -0.398. The maximum atomic E-state index is 12.4. The molecule has 2 heterocycles. The highest BCUT2D eigenvalue weighted by molar-refractivity contribution is 5.95. The van der Waals surface area contributed by atoms with Gasteiger partial charge in [0.15, 0.2) is 0 Å². The second-order valence-electron chi connectivity index (χ2n) is 5.45. The fourth-order valence-electron chi connectivity index (χ4n) is 2.75. The van der Waals surface area contributed by atoms with E-state index >= 15 is 0 Å². The molecule has 3 rings (SSSR count). The number of furan rings is 1. The van der Waals surface area contributed by atoms with Crippen molar-refractivity contribution in [3.63, 3.8) is 0 Å².